The maximum atomic E-state index is 13.5. The number of ether oxygens (including phenoxy) is 2. The zero-order valence-corrected chi connectivity index (χ0v) is 34.7. The van der Waals surface area contributed by atoms with Gasteiger partial charge in [0.05, 0.1) is 20.0 Å². The van der Waals surface area contributed by atoms with Gasteiger partial charge in [-0.3, -0.25) is 9.59 Å². The molecule has 0 spiro atoms. The maximum Gasteiger partial charge on any atom is 2.00 e. The molecular formula is C44H52MgN4O6-2. The third-order valence-corrected chi connectivity index (χ3v) is 11.6. The van der Waals surface area contributed by atoms with Crippen LogP contribution in [-0.4, -0.2) is 65.0 Å². The molecule has 3 aromatic rings. The van der Waals surface area contributed by atoms with Gasteiger partial charge in [0, 0.05) is 18.1 Å². The van der Waals surface area contributed by atoms with Gasteiger partial charge in [0.2, 0.25) is 0 Å². The minimum absolute atomic E-state index is 0. The molecule has 3 aromatic heterocycles. The number of carbonyl (C=O) groups excluding carboxylic acids is 2. The van der Waals surface area contributed by atoms with Crippen molar-refractivity contribution in [1.29, 1.82) is 0 Å². The minimum atomic E-state index is -1.09. The summed E-state index contributed by atoms with van der Waals surface area (Å²) in [4.78, 5) is 41.9. The number of aromatic nitrogens is 3. The van der Waals surface area contributed by atoms with E-state index in [0.717, 1.165) is 99.5 Å². The van der Waals surface area contributed by atoms with Crippen LogP contribution in [0.2, 0.25) is 0 Å². The predicted octanol–water partition coefficient (Wildman–Crippen LogP) is 4.68. The van der Waals surface area contributed by atoms with E-state index in [0.29, 0.717) is 34.7 Å². The number of carbonyl (C=O) groups is 2. The van der Waals surface area contributed by atoms with Crippen LogP contribution >= 0.6 is 0 Å². The first-order valence-corrected chi connectivity index (χ1v) is 19.2. The molecule has 2 aliphatic heterocycles. The van der Waals surface area contributed by atoms with Gasteiger partial charge in [-0.25, -0.2) is 0 Å². The number of aliphatic hydroxyl groups excluding tert-OH is 2. The molecule has 0 aromatic carbocycles. The molecule has 6 rings (SSSR count). The normalized spacial score (nSPS) is 22.1. The van der Waals surface area contributed by atoms with Crippen LogP contribution in [0.4, 0.5) is 0 Å². The van der Waals surface area contributed by atoms with Gasteiger partial charge >= 0.3 is 35.0 Å². The van der Waals surface area contributed by atoms with Crippen molar-refractivity contribution in [2.45, 2.75) is 99.0 Å². The number of hydrogen-bond donors (Lipinski definition) is 2. The third-order valence-electron chi connectivity index (χ3n) is 11.6. The van der Waals surface area contributed by atoms with E-state index in [-0.39, 0.29) is 59.6 Å². The van der Waals surface area contributed by atoms with E-state index in [4.69, 9.17) is 29.7 Å². The van der Waals surface area contributed by atoms with Gasteiger partial charge in [0.25, 0.3) is 0 Å². The largest absolute Gasteiger partial charge is 2.00 e. The Morgan fingerprint density at radius 2 is 1.65 bits per heavy atom. The number of aliphatic hydroxyl groups is 2. The molecule has 2 N–H and O–H groups in total. The first kappa shape index (κ1) is 41.8. The fourth-order valence-corrected chi connectivity index (χ4v) is 8.42. The first-order chi connectivity index (χ1) is 26.0. The Labute approximate surface area is 339 Å². The molecule has 5 heterocycles. The number of fused-ring (bicyclic) bond motifs is 8. The predicted molar refractivity (Wildman–Crippen MR) is 217 cm³/mol. The van der Waals surface area contributed by atoms with Crippen molar-refractivity contribution >= 4 is 70.6 Å². The molecule has 1 aliphatic carbocycles. The smallest absolute Gasteiger partial charge is 0.681 e. The second kappa shape index (κ2) is 17.6. The van der Waals surface area contributed by atoms with Gasteiger partial charge < -0.3 is 40.0 Å². The van der Waals surface area contributed by atoms with Crippen LogP contribution < -0.4 is 36.2 Å². The molecule has 288 valence electrons. The fourth-order valence-electron chi connectivity index (χ4n) is 8.42. The van der Waals surface area contributed by atoms with Crippen molar-refractivity contribution in [3.05, 3.63) is 95.6 Å². The number of allylic oxidation sites excluding steroid dienone is 1. The SMILES string of the molecule is C=Cc1c2[n-]c(c1C)/C=C1\[N-]C(C3=c4[n-]c(c(C)c4=C(O)[C@@H]3C(=O)OC)/C=c3\[n-]/c(c(C)c3CC)=C\2)[C@@H](CCC(=O)OCC/C(=C\O)CCCCC)[C@@H]1C.[Mg+2]. The van der Waals surface area contributed by atoms with E-state index >= 15 is 0 Å². The van der Waals surface area contributed by atoms with E-state index in [9.17, 15) is 19.8 Å². The van der Waals surface area contributed by atoms with E-state index in [1.165, 1.54) is 7.11 Å². The summed E-state index contributed by atoms with van der Waals surface area (Å²) >= 11 is 0. The number of unbranched alkanes of at least 4 members (excludes halogenated alkanes) is 2. The van der Waals surface area contributed by atoms with Crippen molar-refractivity contribution in [2.24, 2.45) is 17.8 Å². The zero-order valence-electron chi connectivity index (χ0n) is 33.3. The van der Waals surface area contributed by atoms with Crippen LogP contribution in [0.1, 0.15) is 111 Å². The topological polar surface area (TPSA) is 149 Å². The average molecular weight is 757 g/mol. The molecule has 10 nitrogen and oxygen atoms in total. The molecule has 55 heavy (non-hydrogen) atoms. The second-order valence-electron chi connectivity index (χ2n) is 14.7. The molecule has 4 atom stereocenters. The van der Waals surface area contributed by atoms with Crippen molar-refractivity contribution < 1.29 is 29.3 Å². The molecule has 3 aliphatic rings. The van der Waals surface area contributed by atoms with Crippen molar-refractivity contribution in [3.8, 4) is 0 Å². The maximum absolute atomic E-state index is 13.5. The quantitative estimate of drug-likeness (QED) is 0.110. The number of hydrogen-bond acceptors (Lipinski definition) is 6. The second-order valence-corrected chi connectivity index (χ2v) is 14.7. The Bertz CT molecular complexity index is 2290. The molecular weight excluding hydrogens is 705 g/mol. The van der Waals surface area contributed by atoms with E-state index in [1.54, 1.807) is 0 Å². The monoisotopic (exact) mass is 756 g/mol. The molecule has 1 unspecified atom stereocenters. The summed E-state index contributed by atoms with van der Waals surface area (Å²) in [6.45, 7) is 16.6. The van der Waals surface area contributed by atoms with Crippen LogP contribution in [0, 0.1) is 38.5 Å². The molecule has 0 radical (unpaired) electrons. The molecule has 0 saturated carbocycles. The van der Waals surface area contributed by atoms with E-state index < -0.39 is 17.9 Å². The van der Waals surface area contributed by atoms with Crippen LogP contribution in [0.15, 0.2) is 24.1 Å². The Hall–Kier alpha value is -4.35. The molecule has 1 fully saturated rings. The number of methoxy groups -OCH3 is 1. The zero-order chi connectivity index (χ0) is 38.8. The van der Waals surface area contributed by atoms with Gasteiger partial charge in [-0.05, 0) is 69.4 Å². The van der Waals surface area contributed by atoms with Crippen molar-refractivity contribution in [2.75, 3.05) is 13.7 Å². The summed E-state index contributed by atoms with van der Waals surface area (Å²) in [6.07, 6.45) is 14.6. The van der Waals surface area contributed by atoms with Crippen LogP contribution in [0.25, 0.3) is 41.0 Å². The Kier molecular flexibility index (Phi) is 13.4. The summed E-state index contributed by atoms with van der Waals surface area (Å²) in [6, 6.07) is -0.596. The standard InChI is InChI=1S/C44H52N4O6.Mg/c1-9-12-13-14-27(22-49)17-18-54-37(50)16-15-30-25(6)33-19-31-23(4)28(10-2)35(45-31)20-32-24(5)29(11-3)36(46-32)21-34-26(7)38-42(48-34)39(41(30)47-33)40(43(38)51)44(52)53-8;/h10,19-22,25,30,40-41,49,51H,2,9,11-18H2,1,3-8H3;/q-4;+2/b27-22-,32-20-,33-19-,36-21-;/t25-,30-,40+,41?;/m0./s1. The number of nitrogens with zero attached hydrogens (tertiary/aromatic N) is 4. The van der Waals surface area contributed by atoms with Crippen LogP contribution in [0.3, 0.4) is 0 Å². The summed E-state index contributed by atoms with van der Waals surface area (Å²) in [7, 11) is 1.31. The Morgan fingerprint density at radius 1 is 0.927 bits per heavy atom. The van der Waals surface area contributed by atoms with E-state index in [1.807, 2.05) is 38.2 Å². The number of esters is 2. The Morgan fingerprint density at radius 3 is 2.33 bits per heavy atom. The molecule has 1 saturated heterocycles. The first-order valence-electron chi connectivity index (χ1n) is 19.2. The van der Waals surface area contributed by atoms with Crippen molar-refractivity contribution in [3.63, 3.8) is 0 Å². The van der Waals surface area contributed by atoms with Gasteiger partial charge in [0.15, 0.2) is 0 Å². The van der Waals surface area contributed by atoms with E-state index in [2.05, 4.69) is 34.3 Å². The van der Waals surface area contributed by atoms with Gasteiger partial charge in [-0.15, -0.1) is 33.1 Å². The fraction of sp³-hybridized carbons (Fsp3) is 0.455. The third kappa shape index (κ3) is 7.87. The molecule has 0 amide bonds. The van der Waals surface area contributed by atoms with Gasteiger partial charge in [0.1, 0.15) is 11.7 Å². The van der Waals surface area contributed by atoms with Crippen LogP contribution in [-0.2, 0) is 25.5 Å². The summed E-state index contributed by atoms with van der Waals surface area (Å²) in [5.41, 5.74) is 9.17. The summed E-state index contributed by atoms with van der Waals surface area (Å²) in [5.74, 6) is -2.52. The van der Waals surface area contributed by atoms with Crippen molar-refractivity contribution in [1.82, 2.24) is 15.0 Å². The molecule has 8 bridgehead atoms. The minimum Gasteiger partial charge on any atom is -0.681 e. The number of rotatable bonds is 13. The average Bonchev–Trinajstić information content (AvgIpc) is 3.90. The summed E-state index contributed by atoms with van der Waals surface area (Å²) < 4.78 is 10.9. The van der Waals surface area contributed by atoms with Gasteiger partial charge in [-0.2, -0.15) is 5.70 Å². The summed E-state index contributed by atoms with van der Waals surface area (Å²) in [5, 5.41) is 29.4. The Balaban J connectivity index is 0.00000580. The van der Waals surface area contributed by atoms with Gasteiger partial charge in [-0.1, -0.05) is 98.4 Å². The van der Waals surface area contributed by atoms with Crippen LogP contribution in [0.5, 0.6) is 0 Å². The molecule has 11 heteroatoms.